The SMILES string of the molecule is CN(C)CC1CCc2cc(OCc3ccccc3-c3cccc([N+](=O)[O-])c3)ccc2C1. The zero-order chi connectivity index (χ0) is 21.8. The fraction of sp³-hybridized carbons (Fsp3) is 0.308. The Kier molecular flexibility index (Phi) is 6.33. The molecule has 5 nitrogen and oxygen atoms in total. The maximum Gasteiger partial charge on any atom is 0.270 e. The van der Waals surface area contributed by atoms with E-state index in [4.69, 9.17) is 4.74 Å². The number of non-ortho nitro benzene ring substituents is 1. The van der Waals surface area contributed by atoms with E-state index >= 15 is 0 Å². The fourth-order valence-corrected chi connectivity index (χ4v) is 4.44. The second-order valence-corrected chi connectivity index (χ2v) is 8.55. The summed E-state index contributed by atoms with van der Waals surface area (Å²) in [6.45, 7) is 1.55. The minimum Gasteiger partial charge on any atom is -0.489 e. The molecule has 0 aliphatic heterocycles. The molecule has 0 N–H and O–H groups in total. The van der Waals surface area contributed by atoms with Crippen molar-refractivity contribution in [2.45, 2.75) is 25.9 Å². The molecule has 4 rings (SSSR count). The number of hydrogen-bond acceptors (Lipinski definition) is 4. The van der Waals surface area contributed by atoms with Crippen LogP contribution in [-0.2, 0) is 19.4 Å². The molecule has 1 atom stereocenters. The predicted octanol–water partition coefficient (Wildman–Crippen LogP) is 5.51. The summed E-state index contributed by atoms with van der Waals surface area (Å²) in [6.07, 6.45) is 3.43. The Balaban J connectivity index is 1.49. The van der Waals surface area contributed by atoms with Crippen LogP contribution < -0.4 is 4.74 Å². The van der Waals surface area contributed by atoms with Gasteiger partial charge in [0.05, 0.1) is 4.92 Å². The van der Waals surface area contributed by atoms with Crippen molar-refractivity contribution in [3.63, 3.8) is 0 Å². The Bertz CT molecular complexity index is 1080. The van der Waals surface area contributed by atoms with E-state index in [0.717, 1.165) is 47.7 Å². The molecular formula is C26H28N2O3. The number of rotatable bonds is 7. The number of nitrogens with zero attached hydrogens (tertiary/aromatic N) is 2. The van der Waals surface area contributed by atoms with Crippen LogP contribution in [0.2, 0.25) is 0 Å². The molecule has 0 amide bonds. The first-order valence-corrected chi connectivity index (χ1v) is 10.7. The lowest BCUT2D eigenvalue weighted by Crippen LogP contribution is -2.26. The van der Waals surface area contributed by atoms with Gasteiger partial charge in [-0.3, -0.25) is 10.1 Å². The number of nitro benzene ring substituents is 1. The van der Waals surface area contributed by atoms with Crippen molar-refractivity contribution in [2.75, 3.05) is 20.6 Å². The van der Waals surface area contributed by atoms with Crippen molar-refractivity contribution in [2.24, 2.45) is 5.92 Å². The van der Waals surface area contributed by atoms with Gasteiger partial charge in [0.1, 0.15) is 12.4 Å². The Morgan fingerprint density at radius 3 is 2.68 bits per heavy atom. The lowest BCUT2D eigenvalue weighted by Gasteiger charge is -2.27. The lowest BCUT2D eigenvalue weighted by atomic mass is 9.83. The highest BCUT2D eigenvalue weighted by molar-refractivity contribution is 5.69. The molecule has 1 aliphatic carbocycles. The largest absolute Gasteiger partial charge is 0.489 e. The molecule has 160 valence electrons. The highest BCUT2D eigenvalue weighted by Gasteiger charge is 2.19. The second kappa shape index (κ2) is 9.31. The highest BCUT2D eigenvalue weighted by atomic mass is 16.6. The molecule has 0 heterocycles. The predicted molar refractivity (Wildman–Crippen MR) is 123 cm³/mol. The molecule has 5 heteroatoms. The Morgan fingerprint density at radius 1 is 1.03 bits per heavy atom. The van der Waals surface area contributed by atoms with E-state index in [1.165, 1.54) is 23.6 Å². The molecule has 31 heavy (non-hydrogen) atoms. The van der Waals surface area contributed by atoms with E-state index in [2.05, 4.69) is 37.2 Å². The van der Waals surface area contributed by atoms with Crippen molar-refractivity contribution in [1.82, 2.24) is 4.90 Å². The monoisotopic (exact) mass is 416 g/mol. The van der Waals surface area contributed by atoms with Crippen LogP contribution in [-0.4, -0.2) is 30.5 Å². The molecule has 0 fully saturated rings. The van der Waals surface area contributed by atoms with Crippen LogP contribution in [0, 0.1) is 16.0 Å². The van der Waals surface area contributed by atoms with Crippen molar-refractivity contribution in [3.05, 3.63) is 93.5 Å². The summed E-state index contributed by atoms with van der Waals surface area (Å²) in [5.41, 5.74) is 5.70. The second-order valence-electron chi connectivity index (χ2n) is 8.55. The fourth-order valence-electron chi connectivity index (χ4n) is 4.44. The number of ether oxygens (including phenoxy) is 1. The minimum absolute atomic E-state index is 0.0930. The first-order chi connectivity index (χ1) is 15.0. The molecule has 0 saturated carbocycles. The molecule has 0 spiro atoms. The van der Waals surface area contributed by atoms with Gasteiger partial charge in [-0.1, -0.05) is 42.5 Å². The van der Waals surface area contributed by atoms with Gasteiger partial charge in [-0.15, -0.1) is 0 Å². The van der Waals surface area contributed by atoms with Crippen LogP contribution in [0.5, 0.6) is 5.75 Å². The first-order valence-electron chi connectivity index (χ1n) is 10.7. The smallest absolute Gasteiger partial charge is 0.270 e. The van der Waals surface area contributed by atoms with Crippen LogP contribution in [0.25, 0.3) is 11.1 Å². The maximum atomic E-state index is 11.1. The van der Waals surface area contributed by atoms with Gasteiger partial charge in [0, 0.05) is 18.7 Å². The van der Waals surface area contributed by atoms with E-state index in [-0.39, 0.29) is 10.6 Å². The maximum absolute atomic E-state index is 11.1. The van der Waals surface area contributed by atoms with E-state index < -0.39 is 0 Å². The number of nitro groups is 1. The third-order valence-electron chi connectivity index (χ3n) is 5.91. The molecule has 0 radical (unpaired) electrons. The molecule has 1 unspecified atom stereocenters. The summed E-state index contributed by atoms with van der Waals surface area (Å²) >= 11 is 0. The third-order valence-corrected chi connectivity index (χ3v) is 5.91. The average molecular weight is 417 g/mol. The Hall–Kier alpha value is -3.18. The number of aryl methyl sites for hydroxylation is 1. The van der Waals surface area contributed by atoms with Gasteiger partial charge in [0.2, 0.25) is 0 Å². The summed E-state index contributed by atoms with van der Waals surface area (Å²) in [6, 6.07) is 21.1. The summed E-state index contributed by atoms with van der Waals surface area (Å²) in [7, 11) is 4.27. The van der Waals surface area contributed by atoms with Crippen molar-refractivity contribution in [1.29, 1.82) is 0 Å². The van der Waals surface area contributed by atoms with Gasteiger partial charge in [0.15, 0.2) is 0 Å². The van der Waals surface area contributed by atoms with Gasteiger partial charge in [0.25, 0.3) is 5.69 Å². The first kappa shape index (κ1) is 21.1. The Morgan fingerprint density at radius 2 is 1.87 bits per heavy atom. The van der Waals surface area contributed by atoms with Crippen LogP contribution in [0.1, 0.15) is 23.1 Å². The number of benzene rings is 3. The minimum atomic E-state index is -0.362. The summed E-state index contributed by atoms with van der Waals surface area (Å²) < 4.78 is 6.15. The molecule has 3 aromatic rings. The standard InChI is InChI=1S/C26H28N2O3/c1-27(2)17-19-10-11-21-16-25(13-12-20(21)14-19)31-18-23-6-3-4-9-26(23)22-7-5-8-24(15-22)28(29)30/h3-9,12-13,15-16,19H,10-11,14,17-18H2,1-2H3. The quantitative estimate of drug-likeness (QED) is 0.377. The van der Waals surface area contributed by atoms with Crippen LogP contribution in [0.3, 0.4) is 0 Å². The van der Waals surface area contributed by atoms with E-state index in [1.54, 1.807) is 12.1 Å². The highest BCUT2D eigenvalue weighted by Crippen LogP contribution is 2.31. The molecule has 0 aromatic heterocycles. The van der Waals surface area contributed by atoms with Gasteiger partial charge >= 0.3 is 0 Å². The molecular weight excluding hydrogens is 388 g/mol. The van der Waals surface area contributed by atoms with E-state index in [0.29, 0.717) is 6.61 Å². The van der Waals surface area contributed by atoms with Crippen molar-refractivity contribution >= 4 is 5.69 Å². The van der Waals surface area contributed by atoms with Gasteiger partial charge in [-0.2, -0.15) is 0 Å². The van der Waals surface area contributed by atoms with Gasteiger partial charge < -0.3 is 9.64 Å². The molecule has 3 aromatic carbocycles. The topological polar surface area (TPSA) is 55.6 Å². The van der Waals surface area contributed by atoms with Gasteiger partial charge in [-0.25, -0.2) is 0 Å². The van der Waals surface area contributed by atoms with E-state index in [9.17, 15) is 10.1 Å². The van der Waals surface area contributed by atoms with Crippen LogP contribution in [0.4, 0.5) is 5.69 Å². The van der Waals surface area contributed by atoms with Crippen LogP contribution >= 0.6 is 0 Å². The molecule has 1 aliphatic rings. The normalized spacial score (nSPS) is 15.5. The lowest BCUT2D eigenvalue weighted by molar-refractivity contribution is -0.384. The molecule has 0 saturated heterocycles. The van der Waals surface area contributed by atoms with Gasteiger partial charge in [-0.05, 0) is 79.2 Å². The number of hydrogen-bond donors (Lipinski definition) is 0. The summed E-state index contributed by atoms with van der Waals surface area (Å²) in [5.74, 6) is 1.59. The zero-order valence-corrected chi connectivity index (χ0v) is 18.1. The van der Waals surface area contributed by atoms with Crippen molar-refractivity contribution in [3.8, 4) is 16.9 Å². The summed E-state index contributed by atoms with van der Waals surface area (Å²) in [5, 5.41) is 11.1. The summed E-state index contributed by atoms with van der Waals surface area (Å²) in [4.78, 5) is 13.1. The number of fused-ring (bicyclic) bond motifs is 1. The third kappa shape index (κ3) is 5.12. The van der Waals surface area contributed by atoms with Crippen molar-refractivity contribution < 1.29 is 9.66 Å². The zero-order valence-electron chi connectivity index (χ0n) is 18.1. The average Bonchev–Trinajstić information content (AvgIpc) is 2.77. The molecule has 0 bridgehead atoms. The Labute approximate surface area is 183 Å². The van der Waals surface area contributed by atoms with Crippen LogP contribution in [0.15, 0.2) is 66.7 Å². The van der Waals surface area contributed by atoms with E-state index in [1.807, 2.05) is 30.3 Å².